The Bertz CT molecular complexity index is 1190. The number of benzene rings is 2. The summed E-state index contributed by atoms with van der Waals surface area (Å²) in [6, 6.07) is 7.56. The number of rotatable bonds is 3. The molecule has 6 nitrogen and oxygen atoms in total. The minimum Gasteiger partial charge on any atom is -0.493 e. The van der Waals surface area contributed by atoms with Crippen LogP contribution < -0.4 is 24.7 Å². The third-order valence-electron chi connectivity index (χ3n) is 5.71. The van der Waals surface area contributed by atoms with E-state index in [1.807, 2.05) is 29.2 Å². The molecule has 0 unspecified atom stereocenters. The van der Waals surface area contributed by atoms with Crippen molar-refractivity contribution in [2.24, 2.45) is 0 Å². The number of anilines is 1. The summed E-state index contributed by atoms with van der Waals surface area (Å²) in [5.74, 6) is 1.87. The Kier molecular flexibility index (Phi) is 4.32. The molecule has 0 amide bonds. The van der Waals surface area contributed by atoms with Crippen LogP contribution in [-0.2, 0) is 19.4 Å². The van der Waals surface area contributed by atoms with Gasteiger partial charge in [-0.2, -0.15) is 0 Å². The Morgan fingerprint density at radius 1 is 1.03 bits per heavy atom. The van der Waals surface area contributed by atoms with Gasteiger partial charge in [0, 0.05) is 22.7 Å². The highest BCUT2D eigenvalue weighted by atomic mass is 35.5. The summed E-state index contributed by atoms with van der Waals surface area (Å²) >= 11 is 6.54. The number of nitrogens with zero attached hydrogens (tertiary/aromatic N) is 1. The zero-order chi connectivity index (χ0) is 20.1. The van der Waals surface area contributed by atoms with Gasteiger partial charge < -0.3 is 23.5 Å². The van der Waals surface area contributed by atoms with Gasteiger partial charge in [-0.15, -0.1) is 0 Å². The van der Waals surface area contributed by atoms with Crippen molar-refractivity contribution in [2.45, 2.75) is 25.8 Å². The highest BCUT2D eigenvalue weighted by molar-refractivity contribution is 6.33. The molecule has 2 heterocycles. The third kappa shape index (κ3) is 2.82. The van der Waals surface area contributed by atoms with E-state index in [2.05, 4.69) is 0 Å². The lowest BCUT2D eigenvalue weighted by molar-refractivity contribution is 0.289. The standard InChI is InChI=1S/C22H20ClNO5/c1-26-18-7-6-12(8-19(18)27-2)24-10-16-20-15(9-17(23)21(16)28-11-24)13-4-3-5-14(13)22(25)29-20/h6-9H,3-5,10-11H2,1-2H3. The first kappa shape index (κ1) is 18.2. The van der Waals surface area contributed by atoms with E-state index in [1.54, 1.807) is 14.2 Å². The molecule has 1 aliphatic heterocycles. The molecule has 0 spiro atoms. The molecule has 5 rings (SSSR count). The molecule has 2 aliphatic rings. The Balaban J connectivity index is 1.63. The van der Waals surface area contributed by atoms with Crippen LogP contribution in [0.5, 0.6) is 17.2 Å². The fourth-order valence-electron chi connectivity index (χ4n) is 4.29. The minimum atomic E-state index is -0.252. The molecule has 0 fully saturated rings. The van der Waals surface area contributed by atoms with Crippen LogP contribution in [0.15, 0.2) is 33.5 Å². The second kappa shape index (κ2) is 6.88. The van der Waals surface area contributed by atoms with E-state index in [9.17, 15) is 4.79 Å². The van der Waals surface area contributed by atoms with Crippen LogP contribution in [0.1, 0.15) is 23.1 Å². The van der Waals surface area contributed by atoms with Crippen LogP contribution in [0.4, 0.5) is 5.69 Å². The van der Waals surface area contributed by atoms with E-state index in [0.29, 0.717) is 41.1 Å². The topological polar surface area (TPSA) is 61.1 Å². The van der Waals surface area contributed by atoms with Gasteiger partial charge in [-0.1, -0.05) is 11.6 Å². The number of aryl methyl sites for hydroxylation is 1. The third-order valence-corrected chi connectivity index (χ3v) is 5.99. The molecule has 0 radical (unpaired) electrons. The van der Waals surface area contributed by atoms with E-state index in [-0.39, 0.29) is 5.63 Å². The first-order chi connectivity index (χ1) is 14.1. The molecule has 3 aromatic rings. The molecule has 0 saturated heterocycles. The Hall–Kier alpha value is -2.86. The fraction of sp³-hybridized carbons (Fsp3) is 0.318. The zero-order valence-electron chi connectivity index (χ0n) is 16.2. The van der Waals surface area contributed by atoms with Crippen molar-refractivity contribution in [3.63, 3.8) is 0 Å². The van der Waals surface area contributed by atoms with Crippen molar-refractivity contribution in [2.75, 3.05) is 25.9 Å². The summed E-state index contributed by atoms with van der Waals surface area (Å²) in [7, 11) is 3.21. The lowest BCUT2D eigenvalue weighted by Crippen LogP contribution is -2.32. The number of hydrogen-bond acceptors (Lipinski definition) is 6. The number of ether oxygens (including phenoxy) is 3. The molecule has 29 heavy (non-hydrogen) atoms. The maximum absolute atomic E-state index is 12.5. The maximum Gasteiger partial charge on any atom is 0.339 e. The van der Waals surface area contributed by atoms with Crippen molar-refractivity contribution in [3.8, 4) is 17.2 Å². The van der Waals surface area contributed by atoms with Gasteiger partial charge >= 0.3 is 5.63 Å². The Morgan fingerprint density at radius 3 is 2.62 bits per heavy atom. The highest BCUT2D eigenvalue weighted by Crippen LogP contribution is 2.42. The molecule has 1 aromatic heterocycles. The van der Waals surface area contributed by atoms with Crippen LogP contribution in [0.25, 0.3) is 11.0 Å². The molecule has 0 atom stereocenters. The maximum atomic E-state index is 12.5. The first-order valence-corrected chi connectivity index (χ1v) is 9.88. The highest BCUT2D eigenvalue weighted by Gasteiger charge is 2.28. The van der Waals surface area contributed by atoms with Crippen molar-refractivity contribution >= 4 is 28.3 Å². The Morgan fingerprint density at radius 2 is 1.83 bits per heavy atom. The number of fused-ring (bicyclic) bond motifs is 5. The normalized spacial score (nSPS) is 15.1. The molecular weight excluding hydrogens is 394 g/mol. The average molecular weight is 414 g/mol. The van der Waals surface area contributed by atoms with Crippen molar-refractivity contribution in [1.82, 2.24) is 0 Å². The van der Waals surface area contributed by atoms with Gasteiger partial charge in [0.25, 0.3) is 0 Å². The largest absolute Gasteiger partial charge is 0.493 e. The van der Waals surface area contributed by atoms with Gasteiger partial charge in [-0.05, 0) is 43.0 Å². The lowest BCUT2D eigenvalue weighted by atomic mass is 10.0. The van der Waals surface area contributed by atoms with E-state index in [4.69, 9.17) is 30.2 Å². The summed E-state index contributed by atoms with van der Waals surface area (Å²) in [5, 5.41) is 1.46. The second-order valence-corrected chi connectivity index (χ2v) is 7.66. The predicted molar refractivity (Wildman–Crippen MR) is 111 cm³/mol. The summed E-state index contributed by atoms with van der Waals surface area (Å²) in [6.45, 7) is 0.826. The van der Waals surface area contributed by atoms with Crippen molar-refractivity contribution in [3.05, 3.63) is 56.4 Å². The van der Waals surface area contributed by atoms with Crippen molar-refractivity contribution < 1.29 is 18.6 Å². The van der Waals surface area contributed by atoms with Crippen LogP contribution in [0.3, 0.4) is 0 Å². The van der Waals surface area contributed by atoms with Gasteiger partial charge in [0.15, 0.2) is 18.2 Å². The molecule has 0 saturated carbocycles. The van der Waals surface area contributed by atoms with E-state index >= 15 is 0 Å². The summed E-state index contributed by atoms with van der Waals surface area (Å²) in [5.41, 5.74) is 3.86. The molecular formula is C22H20ClNO5. The number of halogens is 1. The SMILES string of the molecule is COc1ccc(N2COc3c(Cl)cc4c5c(c(=O)oc4c3C2)CCC5)cc1OC. The van der Waals surface area contributed by atoms with E-state index < -0.39 is 0 Å². The predicted octanol–water partition coefficient (Wildman–Crippen LogP) is 4.31. The Labute approximate surface area is 172 Å². The van der Waals surface area contributed by atoms with Gasteiger partial charge in [-0.3, -0.25) is 0 Å². The quantitative estimate of drug-likeness (QED) is 0.596. The van der Waals surface area contributed by atoms with Gasteiger partial charge in [0.2, 0.25) is 0 Å². The summed E-state index contributed by atoms with van der Waals surface area (Å²) < 4.78 is 22.5. The second-order valence-electron chi connectivity index (χ2n) is 7.25. The zero-order valence-corrected chi connectivity index (χ0v) is 17.0. The van der Waals surface area contributed by atoms with Crippen LogP contribution >= 0.6 is 11.6 Å². The first-order valence-electron chi connectivity index (χ1n) is 9.50. The average Bonchev–Trinajstić information content (AvgIpc) is 3.25. The molecule has 1 aliphatic carbocycles. The van der Waals surface area contributed by atoms with Crippen LogP contribution in [0.2, 0.25) is 5.02 Å². The monoisotopic (exact) mass is 413 g/mol. The summed E-state index contributed by atoms with van der Waals surface area (Å²) in [4.78, 5) is 14.6. The van der Waals surface area contributed by atoms with Gasteiger partial charge in [0.05, 0.1) is 31.4 Å². The van der Waals surface area contributed by atoms with Crippen molar-refractivity contribution in [1.29, 1.82) is 0 Å². The molecule has 2 aromatic carbocycles. The molecule has 150 valence electrons. The van der Waals surface area contributed by atoms with Gasteiger partial charge in [-0.25, -0.2) is 4.79 Å². The minimum absolute atomic E-state index is 0.252. The van der Waals surface area contributed by atoms with E-state index in [0.717, 1.165) is 47.0 Å². The fourth-order valence-corrected chi connectivity index (χ4v) is 4.57. The molecule has 7 heteroatoms. The molecule has 0 bridgehead atoms. The number of methoxy groups -OCH3 is 2. The lowest BCUT2D eigenvalue weighted by Gasteiger charge is -2.32. The summed E-state index contributed by atoms with van der Waals surface area (Å²) in [6.07, 6.45) is 2.59. The van der Waals surface area contributed by atoms with E-state index in [1.165, 1.54) is 0 Å². The van der Waals surface area contributed by atoms with Crippen LogP contribution in [0, 0.1) is 0 Å². The smallest absolute Gasteiger partial charge is 0.339 e. The number of hydrogen-bond donors (Lipinski definition) is 0. The van der Waals surface area contributed by atoms with Gasteiger partial charge in [0.1, 0.15) is 11.3 Å². The van der Waals surface area contributed by atoms with Crippen LogP contribution in [-0.4, -0.2) is 21.0 Å². The molecule has 0 N–H and O–H groups in total.